The van der Waals surface area contributed by atoms with E-state index >= 15 is 0 Å². The average molecular weight is 463 g/mol. The van der Waals surface area contributed by atoms with Crippen LogP contribution in [0.25, 0.3) is 0 Å². The number of carbonyl (C=O) groups is 2. The summed E-state index contributed by atoms with van der Waals surface area (Å²) >= 11 is 1.61. The standard InChI is InChI=1S/C16H6F4INO3/c17-14(18)6-3-7(15(22)24)5-8(4-6)25-10-2-1-9-11(12(10)21)13(23)16(9,19)20/h3-5,14H,(H2,22,24). The highest BCUT2D eigenvalue weighted by molar-refractivity contribution is 14.1. The van der Waals surface area contributed by atoms with Gasteiger partial charge in [0.1, 0.15) is 5.75 Å². The van der Waals surface area contributed by atoms with Crippen LogP contribution in [0.15, 0.2) is 50.1 Å². The largest absolute Gasteiger partial charge is 0.447 e. The van der Waals surface area contributed by atoms with Crippen LogP contribution < -0.4 is 10.5 Å². The monoisotopic (exact) mass is 463 g/mol. The van der Waals surface area contributed by atoms with Crippen LogP contribution in [0.1, 0.15) is 22.3 Å². The summed E-state index contributed by atoms with van der Waals surface area (Å²) in [4.78, 5) is 22.7. The van der Waals surface area contributed by atoms with Crippen molar-refractivity contribution in [2.75, 3.05) is 0 Å². The molecule has 2 aliphatic rings. The Morgan fingerprint density at radius 2 is 1.92 bits per heavy atom. The Kier molecular flexibility index (Phi) is 4.10. The molecule has 0 bridgehead atoms. The van der Waals surface area contributed by atoms with E-state index in [0.717, 1.165) is 18.2 Å². The summed E-state index contributed by atoms with van der Waals surface area (Å²) in [6.45, 7) is 0. The van der Waals surface area contributed by atoms with Crippen molar-refractivity contribution in [3.05, 3.63) is 61.3 Å². The fourth-order valence-corrected chi connectivity index (χ4v) is 3.01. The number of halogens is 5. The van der Waals surface area contributed by atoms with Crippen molar-refractivity contribution >= 4 is 34.3 Å². The molecule has 2 aliphatic carbocycles. The van der Waals surface area contributed by atoms with Crippen LogP contribution in [0.2, 0.25) is 0 Å². The number of ether oxygens (including phenoxy) is 1. The first kappa shape index (κ1) is 17.5. The Hall–Kier alpha value is -2.35. The van der Waals surface area contributed by atoms with Crippen LogP contribution in [0, 0.1) is 0 Å². The lowest BCUT2D eigenvalue weighted by Gasteiger charge is -2.31. The minimum atomic E-state index is -3.61. The van der Waals surface area contributed by atoms with Crippen LogP contribution in [0.3, 0.4) is 0 Å². The second kappa shape index (κ2) is 5.87. The topological polar surface area (TPSA) is 69.4 Å². The van der Waals surface area contributed by atoms with Crippen molar-refractivity contribution in [1.82, 2.24) is 0 Å². The van der Waals surface area contributed by atoms with E-state index in [4.69, 9.17) is 10.5 Å². The van der Waals surface area contributed by atoms with Gasteiger partial charge in [0.25, 0.3) is 6.43 Å². The molecular formula is C16H6F4INO3. The minimum Gasteiger partial charge on any atom is -0.447 e. The van der Waals surface area contributed by atoms with E-state index in [1.54, 1.807) is 22.6 Å². The Balaban J connectivity index is 2.04. The van der Waals surface area contributed by atoms with E-state index < -0.39 is 35.2 Å². The number of carbonyl (C=O) groups excluding carboxylic acids is 2. The SMILES string of the molecule is NC(=O)c1cc(OC2=C=C=C3C(=C2I)C(=O)C3(F)F)cc(C(F)F)c1. The molecule has 1 fully saturated rings. The van der Waals surface area contributed by atoms with Gasteiger partial charge in [0.05, 0.1) is 14.7 Å². The number of amides is 1. The van der Waals surface area contributed by atoms with E-state index in [0.29, 0.717) is 0 Å². The molecule has 0 heterocycles. The molecule has 1 saturated carbocycles. The van der Waals surface area contributed by atoms with Crippen LogP contribution in [-0.2, 0) is 4.79 Å². The van der Waals surface area contributed by atoms with Crippen molar-refractivity contribution in [3.63, 3.8) is 0 Å². The van der Waals surface area contributed by atoms with Gasteiger partial charge in [-0.3, -0.25) is 9.59 Å². The van der Waals surface area contributed by atoms with Gasteiger partial charge in [-0.2, -0.15) is 8.78 Å². The molecule has 0 aliphatic heterocycles. The minimum absolute atomic E-state index is 0.0466. The summed E-state index contributed by atoms with van der Waals surface area (Å²) in [5, 5.41) is 0. The predicted molar refractivity (Wildman–Crippen MR) is 85.6 cm³/mol. The molecule has 3 rings (SSSR count). The number of hydrogen-bond donors (Lipinski definition) is 1. The van der Waals surface area contributed by atoms with Crippen molar-refractivity contribution in [1.29, 1.82) is 0 Å². The highest BCUT2D eigenvalue weighted by Crippen LogP contribution is 2.48. The Bertz CT molecular complexity index is 968. The van der Waals surface area contributed by atoms with Gasteiger partial charge in [-0.15, -0.1) is 0 Å². The summed E-state index contributed by atoms with van der Waals surface area (Å²) in [6, 6.07) is 3.01. The molecule has 25 heavy (non-hydrogen) atoms. The van der Waals surface area contributed by atoms with E-state index in [1.807, 2.05) is 0 Å². The zero-order chi connectivity index (χ0) is 18.5. The maximum Gasteiger partial charge on any atom is 0.343 e. The van der Waals surface area contributed by atoms with Gasteiger partial charge in [-0.1, -0.05) is 5.73 Å². The van der Waals surface area contributed by atoms with Gasteiger partial charge in [0.15, 0.2) is 5.76 Å². The molecule has 1 aromatic carbocycles. The van der Waals surface area contributed by atoms with Crippen LogP contribution in [0.4, 0.5) is 17.6 Å². The molecule has 0 atom stereocenters. The molecule has 0 radical (unpaired) electrons. The van der Waals surface area contributed by atoms with Gasteiger partial charge in [0, 0.05) is 11.1 Å². The second-order valence-corrected chi connectivity index (χ2v) is 6.18. The van der Waals surface area contributed by atoms with Crippen molar-refractivity contribution in [3.8, 4) is 5.75 Å². The molecule has 0 saturated heterocycles. The van der Waals surface area contributed by atoms with Gasteiger partial charge >= 0.3 is 5.92 Å². The zero-order valence-corrected chi connectivity index (χ0v) is 14.2. The maximum absolute atomic E-state index is 13.4. The van der Waals surface area contributed by atoms with Gasteiger partial charge in [-0.05, 0) is 46.5 Å². The Labute approximate surface area is 151 Å². The van der Waals surface area contributed by atoms with Crippen molar-refractivity contribution in [2.24, 2.45) is 5.73 Å². The highest BCUT2D eigenvalue weighted by atomic mass is 127. The summed E-state index contributed by atoms with van der Waals surface area (Å²) < 4.78 is 58.0. The molecule has 4 nitrogen and oxygen atoms in total. The number of hydrogen-bond acceptors (Lipinski definition) is 3. The smallest absolute Gasteiger partial charge is 0.343 e. The quantitative estimate of drug-likeness (QED) is 0.422. The normalized spacial score (nSPS) is 17.8. The second-order valence-electron chi connectivity index (χ2n) is 5.10. The number of nitrogens with two attached hydrogens (primary N) is 1. The number of benzene rings is 1. The molecule has 0 aromatic heterocycles. The average Bonchev–Trinajstić information content (AvgIpc) is 2.55. The molecule has 1 amide bonds. The highest BCUT2D eigenvalue weighted by Gasteiger charge is 2.59. The number of alkyl halides is 4. The van der Waals surface area contributed by atoms with Crippen LogP contribution >= 0.6 is 22.6 Å². The number of Topliss-reactive ketones (excluding diaryl/α,β-unsaturated/α-hetero) is 1. The van der Waals surface area contributed by atoms with Crippen LogP contribution in [-0.4, -0.2) is 17.6 Å². The molecular weight excluding hydrogens is 457 g/mol. The number of ketones is 1. The zero-order valence-electron chi connectivity index (χ0n) is 12.0. The number of fused-ring (bicyclic) bond motifs is 1. The predicted octanol–water partition coefficient (Wildman–Crippen LogP) is 3.59. The van der Waals surface area contributed by atoms with Crippen molar-refractivity contribution in [2.45, 2.75) is 12.3 Å². The summed E-state index contributed by atoms with van der Waals surface area (Å²) in [5.74, 6) is -6.25. The lowest BCUT2D eigenvalue weighted by Crippen LogP contribution is -2.45. The molecule has 1 aromatic rings. The van der Waals surface area contributed by atoms with Crippen molar-refractivity contribution < 1.29 is 31.9 Å². The Morgan fingerprint density at radius 3 is 2.52 bits per heavy atom. The summed E-state index contributed by atoms with van der Waals surface area (Å²) in [7, 11) is 0. The third-order valence-electron chi connectivity index (χ3n) is 3.48. The van der Waals surface area contributed by atoms with Gasteiger partial charge < -0.3 is 10.5 Å². The van der Waals surface area contributed by atoms with E-state index in [-0.39, 0.29) is 26.2 Å². The molecule has 0 spiro atoms. The first-order chi connectivity index (χ1) is 11.6. The number of rotatable bonds is 4. The first-order valence-electron chi connectivity index (χ1n) is 6.63. The lowest BCUT2D eigenvalue weighted by molar-refractivity contribution is -0.139. The molecule has 2 N–H and O–H groups in total. The number of primary amides is 1. The fraction of sp³-hybridized carbons (Fsp3) is 0.125. The summed E-state index contributed by atoms with van der Waals surface area (Å²) in [6.07, 6.45) is -2.88. The van der Waals surface area contributed by atoms with E-state index in [2.05, 4.69) is 11.5 Å². The fourth-order valence-electron chi connectivity index (χ4n) is 2.25. The molecule has 9 heteroatoms. The third kappa shape index (κ3) is 2.80. The molecule has 0 unspecified atom stereocenters. The third-order valence-corrected chi connectivity index (χ3v) is 4.51. The van der Waals surface area contributed by atoms with E-state index in [1.165, 1.54) is 0 Å². The van der Waals surface area contributed by atoms with E-state index in [9.17, 15) is 27.2 Å². The first-order valence-corrected chi connectivity index (χ1v) is 7.71. The number of allylic oxidation sites excluding steroid dienone is 3. The Morgan fingerprint density at radius 1 is 1.24 bits per heavy atom. The summed E-state index contributed by atoms with van der Waals surface area (Å²) in [5.41, 5.74) is 8.02. The van der Waals surface area contributed by atoms with Gasteiger partial charge in [-0.25, -0.2) is 8.78 Å². The van der Waals surface area contributed by atoms with Crippen LogP contribution in [0.5, 0.6) is 5.75 Å². The maximum atomic E-state index is 13.4. The van der Waals surface area contributed by atoms with Gasteiger partial charge in [0.2, 0.25) is 11.7 Å². The molecule has 128 valence electrons. The lowest BCUT2D eigenvalue weighted by atomic mass is 9.79.